The molecular weight excluding hydrogens is 394 g/mol. The molecular formula is C17H22ClN3O3S2. The molecule has 26 heavy (non-hydrogen) atoms. The predicted octanol–water partition coefficient (Wildman–Crippen LogP) is 3.11. The molecule has 9 heteroatoms. The van der Waals surface area contributed by atoms with Gasteiger partial charge in [-0.05, 0) is 44.4 Å². The molecule has 1 amide bonds. The molecule has 2 rings (SSSR count). The minimum atomic E-state index is -3.71. The number of unbranched alkanes of at least 4 members (excludes halogenated alkanes) is 1. The minimum Gasteiger partial charge on any atom is -0.352 e. The third-order valence-corrected chi connectivity index (χ3v) is 7.04. The third-order valence-electron chi connectivity index (χ3n) is 3.72. The Morgan fingerprint density at radius 3 is 2.65 bits per heavy atom. The first-order valence-electron chi connectivity index (χ1n) is 8.13. The lowest BCUT2D eigenvalue weighted by Gasteiger charge is -2.14. The van der Waals surface area contributed by atoms with Crippen LogP contribution in [0.4, 0.5) is 0 Å². The van der Waals surface area contributed by atoms with Crippen molar-refractivity contribution in [2.75, 3.05) is 20.6 Å². The number of carbonyl (C=O) groups excluding carboxylic acids is 1. The topological polar surface area (TPSA) is 79.4 Å². The average Bonchev–Trinajstić information content (AvgIpc) is 2.99. The number of sulfonamides is 1. The summed E-state index contributed by atoms with van der Waals surface area (Å²) in [5.74, 6) is -0.318. The Kier molecular flexibility index (Phi) is 7.16. The van der Waals surface area contributed by atoms with E-state index >= 15 is 0 Å². The lowest BCUT2D eigenvalue weighted by molar-refractivity contribution is 0.0953. The van der Waals surface area contributed by atoms with Crippen LogP contribution in [0, 0.1) is 6.92 Å². The molecule has 0 bridgehead atoms. The van der Waals surface area contributed by atoms with Crippen LogP contribution in [0.25, 0.3) is 0 Å². The number of aromatic nitrogens is 1. The number of hydrogen-bond acceptors (Lipinski definition) is 5. The maximum Gasteiger partial charge on any atom is 0.251 e. The maximum atomic E-state index is 12.3. The molecule has 6 nitrogen and oxygen atoms in total. The molecule has 0 spiro atoms. The summed E-state index contributed by atoms with van der Waals surface area (Å²) < 4.78 is 25.6. The van der Waals surface area contributed by atoms with Crippen molar-refractivity contribution in [3.63, 3.8) is 0 Å². The van der Waals surface area contributed by atoms with Gasteiger partial charge in [-0.15, -0.1) is 11.3 Å². The quantitative estimate of drug-likeness (QED) is 0.672. The Hall–Kier alpha value is -1.48. The van der Waals surface area contributed by atoms with Crippen LogP contribution in [-0.2, 0) is 16.4 Å². The molecule has 0 saturated heterocycles. The monoisotopic (exact) mass is 415 g/mol. The van der Waals surface area contributed by atoms with Gasteiger partial charge in [0.25, 0.3) is 5.91 Å². The SMILES string of the molecule is Cc1csc(CCCCNC(=O)c2ccc(Cl)c(S(=O)(=O)N(C)C)c2)n1. The molecule has 0 fully saturated rings. The fourth-order valence-electron chi connectivity index (χ4n) is 2.26. The van der Waals surface area contributed by atoms with Crippen molar-refractivity contribution in [1.82, 2.24) is 14.6 Å². The van der Waals surface area contributed by atoms with Gasteiger partial charge in [0.15, 0.2) is 0 Å². The lowest BCUT2D eigenvalue weighted by Crippen LogP contribution is -2.26. The first-order chi connectivity index (χ1) is 12.2. The van der Waals surface area contributed by atoms with Crippen LogP contribution in [-0.4, -0.2) is 44.3 Å². The fraction of sp³-hybridized carbons (Fsp3) is 0.412. The van der Waals surface area contributed by atoms with Gasteiger partial charge in [-0.3, -0.25) is 4.79 Å². The molecule has 1 aromatic heterocycles. The number of halogens is 1. The Balaban J connectivity index is 1.91. The molecule has 2 aromatic rings. The van der Waals surface area contributed by atoms with Crippen molar-refractivity contribution in [3.8, 4) is 0 Å². The van der Waals surface area contributed by atoms with Crippen LogP contribution < -0.4 is 5.32 Å². The van der Waals surface area contributed by atoms with Crippen molar-refractivity contribution >= 4 is 38.9 Å². The molecule has 1 aromatic carbocycles. The van der Waals surface area contributed by atoms with E-state index in [-0.39, 0.29) is 21.4 Å². The van der Waals surface area contributed by atoms with Crippen molar-refractivity contribution in [1.29, 1.82) is 0 Å². The molecule has 1 heterocycles. The van der Waals surface area contributed by atoms with Gasteiger partial charge in [0.1, 0.15) is 4.90 Å². The van der Waals surface area contributed by atoms with Gasteiger partial charge in [0, 0.05) is 37.3 Å². The Labute approximate surface area is 163 Å². The second-order valence-electron chi connectivity index (χ2n) is 6.03. The van der Waals surface area contributed by atoms with Gasteiger partial charge in [-0.1, -0.05) is 11.6 Å². The predicted molar refractivity (Wildman–Crippen MR) is 104 cm³/mol. The maximum absolute atomic E-state index is 12.3. The zero-order valence-corrected chi connectivity index (χ0v) is 17.3. The molecule has 0 aliphatic heterocycles. The molecule has 0 unspecified atom stereocenters. The van der Waals surface area contributed by atoms with Crippen molar-refractivity contribution in [2.45, 2.75) is 31.1 Å². The van der Waals surface area contributed by atoms with Gasteiger partial charge in [0.2, 0.25) is 10.0 Å². The van der Waals surface area contributed by atoms with Crippen LogP contribution in [0.2, 0.25) is 5.02 Å². The summed E-state index contributed by atoms with van der Waals surface area (Å²) >= 11 is 7.64. The van der Waals surface area contributed by atoms with E-state index in [1.807, 2.05) is 12.3 Å². The summed E-state index contributed by atoms with van der Waals surface area (Å²) in [5.41, 5.74) is 1.30. The first-order valence-corrected chi connectivity index (χ1v) is 10.8. The lowest BCUT2D eigenvalue weighted by atomic mass is 10.2. The summed E-state index contributed by atoms with van der Waals surface area (Å²) in [6.45, 7) is 2.48. The zero-order valence-electron chi connectivity index (χ0n) is 15.0. The highest BCUT2D eigenvalue weighted by atomic mass is 35.5. The highest BCUT2D eigenvalue weighted by molar-refractivity contribution is 7.89. The standard InChI is InChI=1S/C17H22ClN3O3S2/c1-12-11-25-16(20-12)6-4-5-9-19-17(22)13-7-8-14(18)15(10-13)26(23,24)21(2)3/h7-8,10-11H,4-6,9H2,1-3H3,(H,19,22). The first kappa shape index (κ1) is 20.8. The molecule has 0 aliphatic carbocycles. The number of amides is 1. The molecule has 0 atom stereocenters. The number of carbonyl (C=O) groups is 1. The highest BCUT2D eigenvalue weighted by Crippen LogP contribution is 2.24. The highest BCUT2D eigenvalue weighted by Gasteiger charge is 2.22. The normalized spacial score (nSPS) is 11.7. The van der Waals surface area contributed by atoms with Crippen LogP contribution in [0.5, 0.6) is 0 Å². The van der Waals surface area contributed by atoms with E-state index in [4.69, 9.17) is 11.6 Å². The largest absolute Gasteiger partial charge is 0.352 e. The van der Waals surface area contributed by atoms with E-state index in [9.17, 15) is 13.2 Å². The summed E-state index contributed by atoms with van der Waals surface area (Å²) in [7, 11) is -0.868. The Morgan fingerprint density at radius 1 is 1.31 bits per heavy atom. The summed E-state index contributed by atoms with van der Waals surface area (Å²) in [6.07, 6.45) is 2.63. The number of nitrogens with zero attached hydrogens (tertiary/aromatic N) is 2. The molecule has 0 saturated carbocycles. The van der Waals surface area contributed by atoms with Crippen molar-refractivity contribution < 1.29 is 13.2 Å². The van der Waals surface area contributed by atoms with E-state index in [1.54, 1.807) is 11.3 Å². The number of thiazole rings is 1. The molecule has 142 valence electrons. The smallest absolute Gasteiger partial charge is 0.251 e. The van der Waals surface area contributed by atoms with E-state index in [0.29, 0.717) is 6.54 Å². The average molecular weight is 416 g/mol. The van der Waals surface area contributed by atoms with E-state index in [2.05, 4.69) is 10.3 Å². The van der Waals surface area contributed by atoms with Crippen LogP contribution in [0.1, 0.15) is 33.9 Å². The number of hydrogen-bond donors (Lipinski definition) is 1. The number of nitrogens with one attached hydrogen (secondary N) is 1. The Bertz CT molecular complexity index is 879. The number of benzene rings is 1. The van der Waals surface area contributed by atoms with Gasteiger partial charge < -0.3 is 5.32 Å². The van der Waals surface area contributed by atoms with Gasteiger partial charge in [0.05, 0.1) is 10.0 Å². The van der Waals surface area contributed by atoms with Crippen molar-refractivity contribution in [2.24, 2.45) is 0 Å². The van der Waals surface area contributed by atoms with Crippen molar-refractivity contribution in [3.05, 3.63) is 44.9 Å². The van der Waals surface area contributed by atoms with E-state index in [1.165, 1.54) is 32.3 Å². The number of aryl methyl sites for hydroxylation is 2. The van der Waals surface area contributed by atoms with Crippen LogP contribution in [0.3, 0.4) is 0 Å². The number of rotatable bonds is 8. The van der Waals surface area contributed by atoms with Gasteiger partial charge in [-0.2, -0.15) is 0 Å². The molecule has 0 radical (unpaired) electrons. The second kappa shape index (κ2) is 8.94. The minimum absolute atomic E-state index is 0.0732. The second-order valence-corrected chi connectivity index (χ2v) is 9.50. The molecule has 0 aliphatic rings. The Morgan fingerprint density at radius 2 is 2.04 bits per heavy atom. The van der Waals surface area contributed by atoms with E-state index in [0.717, 1.165) is 34.3 Å². The summed E-state index contributed by atoms with van der Waals surface area (Å²) in [5, 5.41) is 6.03. The fourth-order valence-corrected chi connectivity index (χ4v) is 4.47. The zero-order chi connectivity index (χ0) is 19.3. The summed E-state index contributed by atoms with van der Waals surface area (Å²) in [6, 6.07) is 4.26. The van der Waals surface area contributed by atoms with E-state index < -0.39 is 10.0 Å². The van der Waals surface area contributed by atoms with Crippen LogP contribution >= 0.6 is 22.9 Å². The van der Waals surface area contributed by atoms with Gasteiger partial charge >= 0.3 is 0 Å². The molecule has 1 N–H and O–H groups in total. The van der Waals surface area contributed by atoms with Crippen LogP contribution in [0.15, 0.2) is 28.5 Å². The third kappa shape index (κ3) is 5.26. The van der Waals surface area contributed by atoms with Gasteiger partial charge in [-0.25, -0.2) is 17.7 Å². The summed E-state index contributed by atoms with van der Waals surface area (Å²) in [4.78, 5) is 16.6.